The maximum Gasteiger partial charge on any atom is 0.407 e. The zero-order valence-electron chi connectivity index (χ0n) is 30.6. The largest absolute Gasteiger partial charge is 0.496 e. The summed E-state index contributed by atoms with van der Waals surface area (Å²) in [6.07, 6.45) is 12.8. The predicted molar refractivity (Wildman–Crippen MR) is 194 cm³/mol. The van der Waals surface area contributed by atoms with Crippen LogP contribution in [-0.4, -0.2) is 79.8 Å². The molecule has 4 aliphatic carbocycles. The lowest BCUT2D eigenvalue weighted by molar-refractivity contribution is -0.124. The zero-order chi connectivity index (χ0) is 35.1. The van der Waals surface area contributed by atoms with Crippen molar-refractivity contribution in [2.75, 3.05) is 38.3 Å². The quantitative estimate of drug-likeness (QED) is 0.298. The van der Waals surface area contributed by atoms with Crippen LogP contribution in [0.25, 0.3) is 0 Å². The number of anilines is 1. The van der Waals surface area contributed by atoms with Gasteiger partial charge < -0.3 is 19.5 Å². The van der Waals surface area contributed by atoms with Crippen LogP contribution < -0.4 is 15.0 Å². The van der Waals surface area contributed by atoms with Gasteiger partial charge in [-0.05, 0) is 138 Å². The molecular formula is C40H55N5O5. The molecule has 2 bridgehead atoms. The normalized spacial score (nSPS) is 30.6. The molecule has 4 saturated carbocycles. The van der Waals surface area contributed by atoms with Gasteiger partial charge in [0.15, 0.2) is 0 Å². The minimum absolute atomic E-state index is 0.0351. The van der Waals surface area contributed by atoms with Crippen molar-refractivity contribution in [3.63, 3.8) is 0 Å². The van der Waals surface area contributed by atoms with Crippen molar-refractivity contribution in [3.05, 3.63) is 53.2 Å². The number of rotatable bonds is 10. The van der Waals surface area contributed by atoms with Crippen molar-refractivity contribution in [1.82, 2.24) is 15.3 Å². The van der Waals surface area contributed by atoms with Gasteiger partial charge in [0.05, 0.1) is 32.9 Å². The second-order valence-corrected chi connectivity index (χ2v) is 16.4. The fourth-order valence-electron chi connectivity index (χ4n) is 9.09. The summed E-state index contributed by atoms with van der Waals surface area (Å²) in [6.45, 7) is 11.2. The third-order valence-electron chi connectivity index (χ3n) is 12.7. The molecule has 10 nitrogen and oxygen atoms in total. The summed E-state index contributed by atoms with van der Waals surface area (Å²) in [5.74, 6) is 1.71. The number of carbonyl (C=O) groups is 2. The Morgan fingerprint density at radius 1 is 1.02 bits per heavy atom. The van der Waals surface area contributed by atoms with Crippen molar-refractivity contribution in [2.45, 2.75) is 121 Å². The first-order valence-corrected chi connectivity index (χ1v) is 18.8. The van der Waals surface area contributed by atoms with Crippen LogP contribution in [0.5, 0.6) is 5.75 Å². The Bertz CT molecular complexity index is 1570. The maximum atomic E-state index is 14.7. The van der Waals surface area contributed by atoms with Crippen LogP contribution >= 0.6 is 0 Å². The van der Waals surface area contributed by atoms with E-state index in [1.807, 2.05) is 11.1 Å². The number of pyridine rings is 1. The summed E-state index contributed by atoms with van der Waals surface area (Å²) >= 11 is 0. The van der Waals surface area contributed by atoms with E-state index in [1.54, 1.807) is 7.11 Å². The lowest BCUT2D eigenvalue weighted by atomic mass is 9.51. The number of hydrazone groups is 1. The number of ether oxygens (including phenoxy) is 3. The smallest absolute Gasteiger partial charge is 0.407 e. The number of benzene rings is 1. The standard InChI is InChI=1S/C40H55N5O5/c1-27(2)45-25-38(4,24-42-45)30-12-19-41-35(21-30)44(36(46)29-6-9-33(10-7-29)50-37(47)43-32-22-49-23-32)26-39-13-16-40(17-14-39,18-15-39)31-8-11-34(48-5)28(3)20-31/h8,11-12,19-21,24,27,29,32-33H,6-7,9-10,13-18,22-23,25-26H2,1-5H3,(H,43,47). The summed E-state index contributed by atoms with van der Waals surface area (Å²) in [4.78, 5) is 34.0. The predicted octanol–water partition coefficient (Wildman–Crippen LogP) is 6.68. The van der Waals surface area contributed by atoms with Gasteiger partial charge in [0.25, 0.3) is 0 Å². The minimum Gasteiger partial charge on any atom is -0.496 e. The molecule has 6 aliphatic rings. The second-order valence-electron chi connectivity index (χ2n) is 16.4. The number of carbonyl (C=O) groups excluding carboxylic acids is 2. The number of aryl methyl sites for hydroxylation is 1. The van der Waals surface area contributed by atoms with E-state index in [0.29, 0.717) is 51.5 Å². The molecule has 50 heavy (non-hydrogen) atoms. The fourth-order valence-corrected chi connectivity index (χ4v) is 9.09. The topological polar surface area (TPSA) is 106 Å². The van der Waals surface area contributed by atoms with Crippen molar-refractivity contribution in [1.29, 1.82) is 0 Å². The monoisotopic (exact) mass is 685 g/mol. The lowest BCUT2D eigenvalue weighted by Gasteiger charge is -2.55. The summed E-state index contributed by atoms with van der Waals surface area (Å²) < 4.78 is 16.5. The number of fused-ring (bicyclic) bond motifs is 3. The number of alkyl carbamates (subject to hydrolysis) is 1. The molecule has 2 aromatic rings. The molecule has 2 aliphatic heterocycles. The van der Waals surface area contributed by atoms with Crippen LogP contribution in [0.2, 0.25) is 0 Å². The van der Waals surface area contributed by atoms with Crippen molar-refractivity contribution < 1.29 is 23.8 Å². The molecule has 2 amide bonds. The van der Waals surface area contributed by atoms with Crippen molar-refractivity contribution in [3.8, 4) is 5.75 Å². The Balaban J connectivity index is 1.09. The Hall–Kier alpha value is -3.66. The Morgan fingerprint density at radius 3 is 2.34 bits per heavy atom. The average molecular weight is 686 g/mol. The van der Waals surface area contributed by atoms with E-state index in [0.717, 1.165) is 62.2 Å². The van der Waals surface area contributed by atoms with Gasteiger partial charge in [-0.2, -0.15) is 5.10 Å². The molecular weight excluding hydrogens is 630 g/mol. The lowest BCUT2D eigenvalue weighted by Crippen LogP contribution is -2.52. The number of amides is 2. The number of aromatic nitrogens is 1. The second kappa shape index (κ2) is 13.8. The number of methoxy groups -OCH3 is 1. The molecule has 8 rings (SSSR count). The molecule has 0 radical (unpaired) electrons. The van der Waals surface area contributed by atoms with Crippen LogP contribution in [-0.2, 0) is 25.1 Å². The van der Waals surface area contributed by atoms with E-state index in [-0.39, 0.29) is 46.3 Å². The van der Waals surface area contributed by atoms with E-state index in [4.69, 9.17) is 24.3 Å². The Labute approximate surface area is 297 Å². The van der Waals surface area contributed by atoms with Gasteiger partial charge in [0.1, 0.15) is 17.7 Å². The van der Waals surface area contributed by atoms with Crippen LogP contribution in [0.1, 0.15) is 102 Å². The van der Waals surface area contributed by atoms with Gasteiger partial charge in [0.2, 0.25) is 5.91 Å². The first-order valence-electron chi connectivity index (χ1n) is 18.8. The van der Waals surface area contributed by atoms with Gasteiger partial charge in [0, 0.05) is 36.3 Å². The minimum atomic E-state index is -0.384. The highest BCUT2D eigenvalue weighted by Gasteiger charge is 2.51. The van der Waals surface area contributed by atoms with Crippen molar-refractivity contribution >= 4 is 24.0 Å². The molecule has 1 atom stereocenters. The highest BCUT2D eigenvalue weighted by Crippen LogP contribution is 2.58. The average Bonchev–Trinajstić information content (AvgIpc) is 3.53. The van der Waals surface area contributed by atoms with Gasteiger partial charge in [-0.1, -0.05) is 12.1 Å². The molecule has 0 spiro atoms. The van der Waals surface area contributed by atoms with Crippen molar-refractivity contribution in [2.24, 2.45) is 16.4 Å². The molecule has 1 unspecified atom stereocenters. The molecule has 270 valence electrons. The van der Waals surface area contributed by atoms with Crippen LogP contribution in [0.15, 0.2) is 41.6 Å². The van der Waals surface area contributed by atoms with Gasteiger partial charge in [-0.15, -0.1) is 0 Å². The van der Waals surface area contributed by atoms with E-state index >= 15 is 0 Å². The molecule has 1 N–H and O–H groups in total. The summed E-state index contributed by atoms with van der Waals surface area (Å²) in [6, 6.07) is 11.3. The molecule has 5 fully saturated rings. The third-order valence-corrected chi connectivity index (χ3v) is 12.7. The zero-order valence-corrected chi connectivity index (χ0v) is 30.6. The maximum absolute atomic E-state index is 14.7. The SMILES string of the molecule is COc1ccc(C23CCC(CN(C(=O)C4CCC(OC(=O)NC5COC5)CC4)c4cc(C5(C)C=NN(C(C)C)C5)ccn4)(CC2)CC3)cc1C. The number of hydrogen-bond acceptors (Lipinski definition) is 8. The first-order chi connectivity index (χ1) is 24.0. The third kappa shape index (κ3) is 6.84. The molecule has 1 saturated heterocycles. The van der Waals surface area contributed by atoms with Crippen LogP contribution in [0.3, 0.4) is 0 Å². The van der Waals surface area contributed by atoms with E-state index < -0.39 is 0 Å². The summed E-state index contributed by atoms with van der Waals surface area (Å²) in [5, 5.41) is 9.72. The van der Waals surface area contributed by atoms with E-state index in [1.165, 1.54) is 11.1 Å². The fraction of sp³-hybridized carbons (Fsp3) is 0.650. The molecule has 3 heterocycles. The van der Waals surface area contributed by atoms with E-state index in [2.05, 4.69) is 74.6 Å². The van der Waals surface area contributed by atoms with Gasteiger partial charge in [-0.25, -0.2) is 9.78 Å². The Morgan fingerprint density at radius 2 is 1.74 bits per heavy atom. The summed E-state index contributed by atoms with van der Waals surface area (Å²) in [7, 11) is 1.74. The van der Waals surface area contributed by atoms with E-state index in [9.17, 15) is 9.59 Å². The number of nitrogens with one attached hydrogen (secondary N) is 1. The highest BCUT2D eigenvalue weighted by molar-refractivity contribution is 5.94. The number of hydrogen-bond donors (Lipinski definition) is 1. The summed E-state index contributed by atoms with van der Waals surface area (Å²) in [5.41, 5.74) is 3.75. The highest BCUT2D eigenvalue weighted by atomic mass is 16.6. The number of nitrogens with zero attached hydrogens (tertiary/aromatic N) is 4. The molecule has 1 aromatic carbocycles. The Kier molecular flexibility index (Phi) is 9.60. The van der Waals surface area contributed by atoms with Gasteiger partial charge in [-0.3, -0.25) is 14.7 Å². The van der Waals surface area contributed by atoms with Crippen LogP contribution in [0.4, 0.5) is 10.6 Å². The van der Waals surface area contributed by atoms with Gasteiger partial charge >= 0.3 is 6.09 Å². The molecule has 10 heteroatoms. The van der Waals surface area contributed by atoms with Crippen LogP contribution in [0, 0.1) is 18.3 Å². The first kappa shape index (κ1) is 34.8. The molecule has 1 aromatic heterocycles.